The van der Waals surface area contributed by atoms with E-state index in [-0.39, 0.29) is 186 Å². The van der Waals surface area contributed by atoms with Crippen molar-refractivity contribution in [1.82, 2.24) is 58.3 Å². The number of anilines is 6. The van der Waals surface area contributed by atoms with Crippen LogP contribution in [0.4, 0.5) is 47.3 Å². The minimum absolute atomic E-state index is 0.00921. The Kier molecular flexibility index (Phi) is 31.9. The van der Waals surface area contributed by atoms with Crippen LogP contribution in [0.2, 0.25) is 60.3 Å². The zero-order valence-corrected chi connectivity index (χ0v) is 87.5. The highest BCUT2D eigenvalue weighted by Crippen LogP contribution is 2.53. The van der Waals surface area contributed by atoms with Crippen molar-refractivity contribution < 1.29 is 27.6 Å². The maximum absolute atomic E-state index is 14.7. The molecule has 12 aromatic rings. The van der Waals surface area contributed by atoms with Crippen LogP contribution in [0.15, 0.2) is 107 Å². The summed E-state index contributed by atoms with van der Waals surface area (Å²) in [7, 11) is 0. The van der Waals surface area contributed by atoms with Gasteiger partial charge in [-0.3, -0.25) is 57.4 Å². The molecule has 6 N–H and O–H groups in total. The minimum Gasteiger partial charge on any atom is -0.397 e. The van der Waals surface area contributed by atoms with E-state index in [4.69, 9.17) is 171 Å². The lowest BCUT2D eigenvalue weighted by atomic mass is 10.0. The monoisotopic (exact) mass is 2150 g/mol. The van der Waals surface area contributed by atoms with Gasteiger partial charge in [-0.1, -0.05) is 200 Å². The number of nitriles is 3. The summed E-state index contributed by atoms with van der Waals surface area (Å²) in [5.41, 5.74) is 22.0. The number of piperazine rings is 3. The summed E-state index contributed by atoms with van der Waals surface area (Å²) >= 11 is 77.4. The first-order valence-corrected chi connectivity index (χ1v) is 48.4. The summed E-state index contributed by atoms with van der Waals surface area (Å²) in [6, 6.07) is 14.5. The van der Waals surface area contributed by atoms with Crippen LogP contribution in [-0.2, 0) is 14.4 Å². The van der Waals surface area contributed by atoms with Crippen molar-refractivity contribution in [2.45, 2.75) is 158 Å². The van der Waals surface area contributed by atoms with Gasteiger partial charge in [0.05, 0.1) is 131 Å². The summed E-state index contributed by atoms with van der Waals surface area (Å²) in [5.74, 6) is -4.04. The molecule has 141 heavy (non-hydrogen) atoms. The maximum Gasteiger partial charge on any atom is 0.276 e. The van der Waals surface area contributed by atoms with Crippen molar-refractivity contribution in [2.75, 3.05) is 71.2 Å². The van der Waals surface area contributed by atoms with Gasteiger partial charge < -0.3 is 46.6 Å². The molecule has 3 aromatic carbocycles. The number of aryl methyl sites for hydroxylation is 3. The molecule has 42 heteroatoms. The molecule has 12 heterocycles. The van der Waals surface area contributed by atoms with Crippen LogP contribution in [0.5, 0.6) is 0 Å². The molecule has 0 radical (unpaired) electrons. The zero-order valence-electron chi connectivity index (χ0n) is 78.4. The van der Waals surface area contributed by atoms with Crippen molar-refractivity contribution >= 4 is 224 Å². The Bertz CT molecular complexity index is 6860. The van der Waals surface area contributed by atoms with Gasteiger partial charge in [-0.15, -0.1) is 0 Å². The van der Waals surface area contributed by atoms with E-state index in [1.54, 1.807) is 69.7 Å². The fraction of sp³-hybridized carbons (Fsp3) is 0.303. The molecule has 732 valence electrons. The molecule has 3 aliphatic heterocycles. The van der Waals surface area contributed by atoms with Gasteiger partial charge in [0.1, 0.15) is 66.9 Å². The second-order valence-corrected chi connectivity index (χ2v) is 40.0. The highest BCUT2D eigenvalue weighted by molar-refractivity contribution is 6.49. The molecule has 3 amide bonds. The molecule has 3 fully saturated rings. The van der Waals surface area contributed by atoms with Gasteiger partial charge in [-0.25, -0.2) is 28.1 Å². The van der Waals surface area contributed by atoms with Gasteiger partial charge in [-0.2, -0.15) is 15.8 Å². The van der Waals surface area contributed by atoms with Crippen molar-refractivity contribution in [3.63, 3.8) is 0 Å². The number of carbonyl (C=O) groups excluding carboxylic acids is 3. The van der Waals surface area contributed by atoms with Gasteiger partial charge in [0.2, 0.25) is 17.7 Å². The standard InChI is InChI=1S/3C33H30Cl4FN7O2/c3*1-7-21(46)44-16(5)12-43(13-17(44)6)31-18-10-20(34)29(22-23(35)24(36)26(38)25(37)27(22)40)42-32(18)45(33(47)19(31)11-39)30-15(4)8-9-41-28(30)14(2)3/h3*7-10,14,16-17H,1,12-13,40H2,2-6H3/t3*16-,17+. The maximum atomic E-state index is 14.7. The molecule has 15 rings (SSSR count). The third-order valence-electron chi connectivity index (χ3n) is 25.0. The molecule has 9 aromatic heterocycles. The molecule has 0 spiro atoms. The van der Waals surface area contributed by atoms with Gasteiger partial charge in [0.25, 0.3) is 16.7 Å². The number of halogens is 15. The largest absolute Gasteiger partial charge is 0.397 e. The van der Waals surface area contributed by atoms with E-state index in [9.17, 15) is 57.7 Å². The SMILES string of the molecule is C=CC(=O)N1[C@H](C)CN(c2c(C#N)c(=O)n(-c3c(C)ccnc3C(C)C)c3nc(-c4c(N)c(Cl)c(F)c(Cl)c4Cl)c(Cl)cc23)C[C@@H]1C.C=CC(=O)N1[C@H](C)CN(c2c(C#N)c(=O)n(-c3c(C)ccnc3C(C)C)c3nc(-c4c(N)c(Cl)c(F)c(Cl)c4Cl)c(Cl)cc23)C[C@@H]1C.C=CC(=O)N1[C@H](C)CN(c2c(C#N)c(=O)n(-c3c(C)ccnc3C(C)C)c3nc(-c4c(N)c(Cl)c(F)c(Cl)c4Cl)c(Cl)cc23)C[C@@H]1C. The van der Waals surface area contributed by atoms with Crippen molar-refractivity contribution in [2.24, 2.45) is 0 Å². The molecule has 27 nitrogen and oxygen atoms in total. The predicted molar refractivity (Wildman–Crippen MR) is 560 cm³/mol. The van der Waals surface area contributed by atoms with E-state index in [1.165, 1.54) is 31.9 Å². The van der Waals surface area contributed by atoms with Crippen LogP contribution in [0.3, 0.4) is 0 Å². The van der Waals surface area contributed by atoms with Gasteiger partial charge >= 0.3 is 0 Å². The first-order valence-electron chi connectivity index (χ1n) is 43.9. The normalized spacial score (nSPS) is 16.6. The van der Waals surface area contributed by atoms with Crippen molar-refractivity contribution in [1.29, 1.82) is 15.8 Å². The van der Waals surface area contributed by atoms with E-state index < -0.39 is 64.3 Å². The topological polar surface area (TPSA) is 363 Å². The van der Waals surface area contributed by atoms with Crippen LogP contribution >= 0.6 is 139 Å². The Morgan fingerprint density at radius 3 is 0.787 bits per heavy atom. The van der Waals surface area contributed by atoms with E-state index in [0.29, 0.717) is 123 Å². The Balaban J connectivity index is 0.000000178. The second-order valence-electron chi connectivity index (χ2n) is 35.3. The summed E-state index contributed by atoms with van der Waals surface area (Å²) in [6.07, 6.45) is 8.72. The van der Waals surface area contributed by atoms with E-state index in [0.717, 1.165) is 0 Å². The highest BCUT2D eigenvalue weighted by Gasteiger charge is 2.42. The van der Waals surface area contributed by atoms with Crippen LogP contribution in [0.25, 0.3) is 83.9 Å². The summed E-state index contributed by atoms with van der Waals surface area (Å²) in [5, 5.41) is 29.2. The molecule has 3 saturated heterocycles. The van der Waals surface area contributed by atoms with E-state index in [2.05, 4.69) is 52.9 Å². The van der Waals surface area contributed by atoms with Crippen LogP contribution in [-0.4, -0.2) is 152 Å². The molecular formula is C99H90Cl12F3N21O6. The average molecular weight is 2150 g/mol. The summed E-state index contributed by atoms with van der Waals surface area (Å²) < 4.78 is 48.2. The lowest BCUT2D eigenvalue weighted by Gasteiger charge is -2.45. The number of aromatic nitrogens is 9. The number of nitrogens with two attached hydrogens (primary N) is 3. The smallest absolute Gasteiger partial charge is 0.276 e. The molecule has 0 aliphatic carbocycles. The number of nitrogens with zero attached hydrogens (tertiary/aromatic N) is 18. The molecular weight excluding hydrogens is 2060 g/mol. The molecule has 0 unspecified atom stereocenters. The zero-order chi connectivity index (χ0) is 104. The average Bonchev–Trinajstić information content (AvgIpc) is 0.725. The number of amides is 3. The number of pyridine rings is 9. The first-order chi connectivity index (χ1) is 66.5. The van der Waals surface area contributed by atoms with Crippen LogP contribution in [0, 0.1) is 72.2 Å². The summed E-state index contributed by atoms with van der Waals surface area (Å²) in [4.78, 5) is 121. The van der Waals surface area contributed by atoms with Crippen LogP contribution in [0.1, 0.15) is 151 Å². The number of carbonyl (C=O) groups is 3. The summed E-state index contributed by atoms with van der Waals surface area (Å²) in [6.45, 7) is 41.0. The molecule has 6 atom stereocenters. The fourth-order valence-corrected chi connectivity index (χ4v) is 21.7. The van der Waals surface area contributed by atoms with Gasteiger partial charge in [0.15, 0.2) is 17.5 Å². The van der Waals surface area contributed by atoms with Crippen molar-refractivity contribution in [3.05, 3.63) is 252 Å². The number of rotatable bonds is 15. The minimum atomic E-state index is -1.00. The lowest BCUT2D eigenvalue weighted by molar-refractivity contribution is -0.131. The quantitative estimate of drug-likeness (QED) is 0.0371. The Hall–Kier alpha value is -11.6. The van der Waals surface area contributed by atoms with Gasteiger partial charge in [0, 0.05) is 127 Å². The number of hydrogen-bond acceptors (Lipinski definition) is 21. The third kappa shape index (κ3) is 18.8. The fourth-order valence-electron chi connectivity index (χ4n) is 18.9. The lowest BCUT2D eigenvalue weighted by Crippen LogP contribution is -2.58. The van der Waals surface area contributed by atoms with Crippen LogP contribution < -0.4 is 48.6 Å². The van der Waals surface area contributed by atoms with Crippen molar-refractivity contribution in [3.8, 4) is 69.0 Å². The molecule has 3 aliphatic rings. The Morgan fingerprint density at radius 1 is 0.383 bits per heavy atom. The Morgan fingerprint density at radius 2 is 0.596 bits per heavy atom. The molecule has 0 saturated carbocycles. The number of nitrogen functional groups attached to an aromatic ring is 3. The van der Waals surface area contributed by atoms with E-state index in [1.807, 2.05) is 119 Å². The second kappa shape index (κ2) is 42.1. The third-order valence-corrected chi connectivity index (χ3v) is 29.4. The van der Waals surface area contributed by atoms with E-state index >= 15 is 0 Å². The number of benzene rings is 3. The highest BCUT2D eigenvalue weighted by atomic mass is 35.5. The first kappa shape index (κ1) is 107. The predicted octanol–water partition coefficient (Wildman–Crippen LogP) is 23.1. The van der Waals surface area contributed by atoms with Gasteiger partial charge in [-0.05, 0) is 151 Å². The Labute approximate surface area is 869 Å². The number of hydrogen-bond donors (Lipinski definition) is 3. The molecule has 0 bridgehead atoms. The number of fused-ring (bicyclic) bond motifs is 3.